The smallest absolute Gasteiger partial charge is 0.119 e. The summed E-state index contributed by atoms with van der Waals surface area (Å²) in [5.74, 6) is 1.65. The van der Waals surface area contributed by atoms with Crippen LogP contribution in [0.5, 0.6) is 5.75 Å². The number of nitrogens with one attached hydrogen (secondary N) is 1. The number of ether oxygens (including phenoxy) is 1. The van der Waals surface area contributed by atoms with Gasteiger partial charge >= 0.3 is 0 Å². The fraction of sp³-hybridized carbons (Fsp3) is 0.625. The maximum absolute atomic E-state index is 5.51. The van der Waals surface area contributed by atoms with E-state index >= 15 is 0 Å². The monoisotopic (exact) mass is 262 g/mol. The Morgan fingerprint density at radius 2 is 2.00 bits per heavy atom. The summed E-state index contributed by atoms with van der Waals surface area (Å²) in [6, 6.07) is 8.49. The summed E-state index contributed by atoms with van der Waals surface area (Å²) < 4.78 is 5.51. The molecule has 0 radical (unpaired) electrons. The molecule has 0 spiro atoms. The minimum Gasteiger partial charge on any atom is -0.494 e. The van der Waals surface area contributed by atoms with Gasteiger partial charge in [0.2, 0.25) is 0 Å². The summed E-state index contributed by atoms with van der Waals surface area (Å²) in [5.41, 5.74) is 1.50. The van der Waals surface area contributed by atoms with Gasteiger partial charge in [-0.3, -0.25) is 0 Å². The van der Waals surface area contributed by atoms with Crippen LogP contribution in [0.3, 0.4) is 0 Å². The van der Waals surface area contributed by atoms with Gasteiger partial charge in [-0.25, -0.2) is 0 Å². The zero-order chi connectivity index (χ0) is 13.9. The van der Waals surface area contributed by atoms with Gasteiger partial charge in [-0.1, -0.05) is 0 Å². The summed E-state index contributed by atoms with van der Waals surface area (Å²) in [7, 11) is 2.04. The number of nitrogens with zero attached hydrogens (tertiary/aromatic N) is 1. The summed E-state index contributed by atoms with van der Waals surface area (Å²) in [4.78, 5) is 2.52. The number of rotatable bonds is 5. The van der Waals surface area contributed by atoms with Crippen LogP contribution in [0.2, 0.25) is 0 Å². The Hall–Kier alpha value is -1.22. The van der Waals surface area contributed by atoms with Gasteiger partial charge in [-0.2, -0.15) is 0 Å². The first kappa shape index (κ1) is 14.2. The second-order valence-electron chi connectivity index (χ2n) is 5.78. The highest BCUT2D eigenvalue weighted by atomic mass is 16.5. The first-order valence-corrected chi connectivity index (χ1v) is 7.24. The number of hydrogen-bond acceptors (Lipinski definition) is 3. The predicted molar refractivity (Wildman–Crippen MR) is 81.1 cm³/mol. The molecule has 1 aromatic rings. The first-order chi connectivity index (χ1) is 9.09. The second kappa shape index (κ2) is 5.83. The van der Waals surface area contributed by atoms with Crippen molar-refractivity contribution in [1.82, 2.24) is 5.32 Å². The molecule has 2 rings (SSSR count). The quantitative estimate of drug-likeness (QED) is 0.883. The molecule has 106 valence electrons. The summed E-state index contributed by atoms with van der Waals surface area (Å²) >= 11 is 0. The highest BCUT2D eigenvalue weighted by molar-refractivity contribution is 5.52. The Morgan fingerprint density at radius 3 is 2.58 bits per heavy atom. The van der Waals surface area contributed by atoms with E-state index in [1.807, 2.05) is 14.0 Å². The molecule has 19 heavy (non-hydrogen) atoms. The molecule has 1 aromatic carbocycles. The first-order valence-electron chi connectivity index (χ1n) is 7.24. The lowest BCUT2D eigenvalue weighted by Crippen LogP contribution is -2.45. The van der Waals surface area contributed by atoms with Crippen LogP contribution < -0.4 is 15.0 Å². The molecule has 0 saturated carbocycles. The highest BCUT2D eigenvalue weighted by Crippen LogP contribution is 2.38. The van der Waals surface area contributed by atoms with Crippen molar-refractivity contribution in [2.75, 3.05) is 31.6 Å². The molecule has 1 unspecified atom stereocenters. The highest BCUT2D eigenvalue weighted by Gasteiger charge is 2.40. The molecule has 1 aliphatic heterocycles. The SMILES string of the molecule is CCOc1ccc(N2CCC(CNC)C2(C)C)cc1. The van der Waals surface area contributed by atoms with Gasteiger partial charge < -0.3 is 15.0 Å². The van der Waals surface area contributed by atoms with E-state index in [4.69, 9.17) is 4.74 Å². The maximum Gasteiger partial charge on any atom is 0.119 e. The largest absolute Gasteiger partial charge is 0.494 e. The van der Waals surface area contributed by atoms with E-state index in [-0.39, 0.29) is 5.54 Å². The van der Waals surface area contributed by atoms with Gasteiger partial charge in [0.15, 0.2) is 0 Å². The Bertz CT molecular complexity index is 400. The van der Waals surface area contributed by atoms with Crippen molar-refractivity contribution in [2.24, 2.45) is 5.92 Å². The molecular weight excluding hydrogens is 236 g/mol. The lowest BCUT2D eigenvalue weighted by molar-refractivity contribution is 0.340. The Balaban J connectivity index is 2.13. The molecule has 0 amide bonds. The second-order valence-corrected chi connectivity index (χ2v) is 5.78. The van der Waals surface area contributed by atoms with Gasteiger partial charge in [-0.05, 0) is 71.0 Å². The molecule has 1 saturated heterocycles. The molecule has 0 aliphatic carbocycles. The fourth-order valence-corrected chi connectivity index (χ4v) is 3.10. The summed E-state index contributed by atoms with van der Waals surface area (Å²) in [5, 5.41) is 3.32. The maximum atomic E-state index is 5.51. The van der Waals surface area contributed by atoms with Gasteiger partial charge in [0.05, 0.1) is 6.61 Å². The molecular formula is C16H26N2O. The van der Waals surface area contributed by atoms with Gasteiger partial charge in [0, 0.05) is 17.8 Å². The third kappa shape index (κ3) is 2.86. The summed E-state index contributed by atoms with van der Waals surface area (Å²) in [6.45, 7) is 9.64. The molecule has 1 fully saturated rings. The lowest BCUT2D eigenvalue weighted by atomic mass is 9.88. The van der Waals surface area contributed by atoms with Crippen LogP contribution >= 0.6 is 0 Å². The molecule has 1 aliphatic rings. The molecule has 1 N–H and O–H groups in total. The van der Waals surface area contributed by atoms with Crippen molar-refractivity contribution >= 4 is 5.69 Å². The lowest BCUT2D eigenvalue weighted by Gasteiger charge is -2.38. The Morgan fingerprint density at radius 1 is 1.32 bits per heavy atom. The minimum absolute atomic E-state index is 0.205. The van der Waals surface area contributed by atoms with Crippen LogP contribution in [0.4, 0.5) is 5.69 Å². The van der Waals surface area contributed by atoms with Crippen LogP contribution in [0.15, 0.2) is 24.3 Å². The Kier molecular flexibility index (Phi) is 4.35. The topological polar surface area (TPSA) is 24.5 Å². The molecule has 0 bridgehead atoms. The molecule has 1 heterocycles. The van der Waals surface area contributed by atoms with Crippen molar-refractivity contribution in [3.63, 3.8) is 0 Å². The third-order valence-electron chi connectivity index (χ3n) is 4.31. The van der Waals surface area contributed by atoms with E-state index in [1.165, 1.54) is 12.1 Å². The van der Waals surface area contributed by atoms with Crippen molar-refractivity contribution in [2.45, 2.75) is 32.7 Å². The molecule has 0 aromatic heterocycles. The van der Waals surface area contributed by atoms with E-state index in [9.17, 15) is 0 Å². The zero-order valence-corrected chi connectivity index (χ0v) is 12.6. The average molecular weight is 262 g/mol. The van der Waals surface area contributed by atoms with E-state index in [0.717, 1.165) is 25.4 Å². The standard InChI is InChI=1S/C16H26N2O/c1-5-19-15-8-6-14(7-9-15)18-11-10-13(12-17-4)16(18,2)3/h6-9,13,17H,5,10-12H2,1-4H3. The fourth-order valence-electron chi connectivity index (χ4n) is 3.10. The third-order valence-corrected chi connectivity index (χ3v) is 4.31. The predicted octanol–water partition coefficient (Wildman–Crippen LogP) is 2.91. The summed E-state index contributed by atoms with van der Waals surface area (Å²) in [6.07, 6.45) is 1.25. The van der Waals surface area contributed by atoms with Crippen LogP contribution in [-0.2, 0) is 0 Å². The number of anilines is 1. The van der Waals surface area contributed by atoms with Crippen LogP contribution in [0, 0.1) is 5.92 Å². The van der Waals surface area contributed by atoms with Gasteiger partial charge in [0.1, 0.15) is 5.75 Å². The van der Waals surface area contributed by atoms with E-state index < -0.39 is 0 Å². The average Bonchev–Trinajstić information content (AvgIpc) is 2.67. The van der Waals surface area contributed by atoms with E-state index in [0.29, 0.717) is 5.92 Å². The van der Waals surface area contributed by atoms with Crippen LogP contribution in [-0.4, -0.2) is 32.3 Å². The van der Waals surface area contributed by atoms with Crippen molar-refractivity contribution in [3.8, 4) is 5.75 Å². The molecule has 3 nitrogen and oxygen atoms in total. The van der Waals surface area contributed by atoms with Gasteiger partial charge in [-0.15, -0.1) is 0 Å². The van der Waals surface area contributed by atoms with Gasteiger partial charge in [0.25, 0.3) is 0 Å². The van der Waals surface area contributed by atoms with Crippen LogP contribution in [0.1, 0.15) is 27.2 Å². The van der Waals surface area contributed by atoms with Crippen molar-refractivity contribution < 1.29 is 4.74 Å². The van der Waals surface area contributed by atoms with E-state index in [2.05, 4.69) is 48.3 Å². The zero-order valence-electron chi connectivity index (χ0n) is 12.6. The van der Waals surface area contributed by atoms with Crippen LogP contribution in [0.25, 0.3) is 0 Å². The van der Waals surface area contributed by atoms with E-state index in [1.54, 1.807) is 0 Å². The minimum atomic E-state index is 0.205. The number of benzene rings is 1. The van der Waals surface area contributed by atoms with Crippen molar-refractivity contribution in [3.05, 3.63) is 24.3 Å². The Labute approximate surface area is 116 Å². The van der Waals surface area contributed by atoms with Crippen molar-refractivity contribution in [1.29, 1.82) is 0 Å². The molecule has 3 heteroatoms. The number of hydrogen-bond donors (Lipinski definition) is 1. The normalized spacial score (nSPS) is 21.7. The molecule has 1 atom stereocenters.